The number of hydrogen-bond acceptors (Lipinski definition) is 4. The topological polar surface area (TPSA) is 54.5 Å². The van der Waals surface area contributed by atoms with Crippen LogP contribution in [0.1, 0.15) is 56.6 Å². The molecule has 1 aromatic carbocycles. The largest absolute Gasteiger partial charge is 0.491 e. The third kappa shape index (κ3) is 5.93. The summed E-state index contributed by atoms with van der Waals surface area (Å²) in [5, 5.41) is 3.13. The second-order valence-electron chi connectivity index (χ2n) is 10.8. The van der Waals surface area contributed by atoms with E-state index in [1.807, 2.05) is 19.1 Å². The molecule has 1 aromatic heterocycles. The molecule has 188 valence electrons. The number of hydrogen-bond donors (Lipinski definition) is 1. The minimum absolute atomic E-state index is 0.0483. The van der Waals surface area contributed by atoms with E-state index in [2.05, 4.69) is 46.4 Å². The van der Waals surface area contributed by atoms with Crippen LogP contribution in [0.4, 0.5) is 14.6 Å². The number of aromatic nitrogens is 1. The van der Waals surface area contributed by atoms with Gasteiger partial charge in [-0.3, -0.25) is 4.79 Å². The monoisotopic (exact) mass is 483 g/mol. The van der Waals surface area contributed by atoms with Crippen molar-refractivity contribution in [2.75, 3.05) is 24.6 Å². The Bertz CT molecular complexity index is 1030. The van der Waals surface area contributed by atoms with Crippen molar-refractivity contribution in [2.45, 2.75) is 63.8 Å². The zero-order chi connectivity index (χ0) is 24.6. The fourth-order valence-corrected chi connectivity index (χ4v) is 4.89. The van der Waals surface area contributed by atoms with Gasteiger partial charge in [0.05, 0.1) is 24.6 Å². The van der Waals surface area contributed by atoms with Gasteiger partial charge in [0.2, 0.25) is 5.91 Å². The molecule has 7 heteroatoms. The van der Waals surface area contributed by atoms with Gasteiger partial charge >= 0.3 is 0 Å². The standard InChI is InChI=1S/C28H35F2N3O2/c1-18-13-25(18)32-27(34)19(2)22-7-5-20(6-8-22)3-4-21-11-12-33(16-21)26-10-9-24(15-31-26)35-17-23-14-28(23,29)30/h5-10,15,18-19,21,23,25H,3-4,11-14,16-17H2,1-2H3,(H,32,34)/t18?,19?,21-,23?,25?/m1/s1. The molecule has 4 unspecified atom stereocenters. The highest BCUT2D eigenvalue weighted by atomic mass is 19.3. The van der Waals surface area contributed by atoms with Crippen LogP contribution in [0.3, 0.4) is 0 Å². The van der Waals surface area contributed by atoms with Crippen LogP contribution < -0.4 is 15.0 Å². The number of carbonyl (C=O) groups is 1. The molecule has 1 N–H and O–H groups in total. The summed E-state index contributed by atoms with van der Waals surface area (Å²) in [5.74, 6) is -0.539. The van der Waals surface area contributed by atoms with Crippen molar-refractivity contribution in [3.05, 3.63) is 53.7 Å². The zero-order valence-corrected chi connectivity index (χ0v) is 20.6. The van der Waals surface area contributed by atoms with Crippen molar-refractivity contribution >= 4 is 11.7 Å². The average Bonchev–Trinajstić information content (AvgIpc) is 3.63. The molecule has 2 aromatic rings. The minimum Gasteiger partial charge on any atom is -0.491 e. The Morgan fingerprint density at radius 3 is 2.63 bits per heavy atom. The maximum atomic E-state index is 13.0. The number of halogens is 2. The number of nitrogens with zero attached hydrogens (tertiary/aromatic N) is 2. The van der Waals surface area contributed by atoms with Crippen LogP contribution in [-0.4, -0.2) is 42.6 Å². The van der Waals surface area contributed by atoms with Crippen LogP contribution in [0.2, 0.25) is 0 Å². The van der Waals surface area contributed by atoms with Gasteiger partial charge in [0.25, 0.3) is 5.92 Å². The molecule has 1 amide bonds. The van der Waals surface area contributed by atoms with E-state index in [-0.39, 0.29) is 24.9 Å². The summed E-state index contributed by atoms with van der Waals surface area (Å²) in [7, 11) is 0. The Hall–Kier alpha value is -2.70. The molecule has 5 atom stereocenters. The third-order valence-electron chi connectivity index (χ3n) is 7.89. The van der Waals surface area contributed by atoms with Crippen LogP contribution in [0.15, 0.2) is 42.6 Å². The molecule has 5 rings (SSSR count). The minimum atomic E-state index is -2.55. The Balaban J connectivity index is 1.05. The summed E-state index contributed by atoms with van der Waals surface area (Å²) in [5.41, 5.74) is 2.37. The highest BCUT2D eigenvalue weighted by molar-refractivity contribution is 5.83. The predicted molar refractivity (Wildman–Crippen MR) is 132 cm³/mol. The third-order valence-corrected chi connectivity index (χ3v) is 7.89. The maximum absolute atomic E-state index is 13.0. The number of carbonyl (C=O) groups excluding carboxylic acids is 1. The fourth-order valence-electron chi connectivity index (χ4n) is 4.89. The zero-order valence-electron chi connectivity index (χ0n) is 20.6. The smallest absolute Gasteiger partial charge is 0.255 e. The van der Waals surface area contributed by atoms with Crippen LogP contribution in [0, 0.1) is 17.8 Å². The molecular formula is C28H35F2N3O2. The van der Waals surface area contributed by atoms with Gasteiger partial charge in [-0.25, -0.2) is 13.8 Å². The number of alkyl halides is 2. The quantitative estimate of drug-likeness (QED) is 0.505. The Morgan fingerprint density at radius 1 is 1.26 bits per heavy atom. The summed E-state index contributed by atoms with van der Waals surface area (Å²) in [6, 6.07) is 12.6. The summed E-state index contributed by atoms with van der Waals surface area (Å²) >= 11 is 0. The summed E-state index contributed by atoms with van der Waals surface area (Å²) < 4.78 is 31.4. The summed E-state index contributed by atoms with van der Waals surface area (Å²) in [4.78, 5) is 19.2. The molecular weight excluding hydrogens is 448 g/mol. The van der Waals surface area contributed by atoms with Crippen LogP contribution in [-0.2, 0) is 11.2 Å². The number of amides is 1. The van der Waals surface area contributed by atoms with Gasteiger partial charge < -0.3 is 15.0 Å². The predicted octanol–water partition coefficient (Wildman–Crippen LogP) is 5.20. The lowest BCUT2D eigenvalue weighted by molar-refractivity contribution is -0.122. The normalized spacial score (nSPS) is 27.4. The number of rotatable bonds is 10. The van der Waals surface area contributed by atoms with Crippen molar-refractivity contribution in [3.8, 4) is 5.75 Å². The van der Waals surface area contributed by atoms with E-state index in [9.17, 15) is 13.6 Å². The Morgan fingerprint density at radius 2 is 2.00 bits per heavy atom. The van der Waals surface area contributed by atoms with E-state index in [1.165, 1.54) is 5.56 Å². The van der Waals surface area contributed by atoms with Gasteiger partial charge in [-0.2, -0.15) is 0 Å². The highest BCUT2D eigenvalue weighted by Crippen LogP contribution is 2.48. The van der Waals surface area contributed by atoms with Gasteiger partial charge in [-0.1, -0.05) is 31.2 Å². The number of anilines is 1. The molecule has 2 heterocycles. The van der Waals surface area contributed by atoms with Gasteiger partial charge in [0, 0.05) is 25.6 Å². The van der Waals surface area contributed by atoms with Gasteiger partial charge in [-0.05, 0) is 67.7 Å². The lowest BCUT2D eigenvalue weighted by Gasteiger charge is -2.18. The molecule has 35 heavy (non-hydrogen) atoms. The molecule has 1 saturated heterocycles. The van der Waals surface area contributed by atoms with E-state index in [0.717, 1.165) is 50.2 Å². The van der Waals surface area contributed by atoms with E-state index in [0.29, 0.717) is 23.6 Å². The first-order valence-electron chi connectivity index (χ1n) is 12.9. The number of ether oxygens (including phenoxy) is 1. The molecule has 0 bridgehead atoms. The average molecular weight is 484 g/mol. The SMILES string of the molecule is CC(C(=O)NC1CC1C)c1ccc(CC[C@@H]2CCN(c3ccc(OCC4CC4(F)F)cn3)C2)cc1. The summed E-state index contributed by atoms with van der Waals surface area (Å²) in [6.45, 7) is 6.13. The number of pyridine rings is 1. The number of nitrogens with one attached hydrogen (secondary N) is 1. The van der Waals surface area contributed by atoms with Gasteiger partial charge in [-0.15, -0.1) is 0 Å². The molecule has 0 radical (unpaired) electrons. The lowest BCUT2D eigenvalue weighted by Crippen LogP contribution is -2.30. The van der Waals surface area contributed by atoms with E-state index in [4.69, 9.17) is 4.74 Å². The maximum Gasteiger partial charge on any atom is 0.255 e. The molecule has 2 aliphatic carbocycles. The fraction of sp³-hybridized carbons (Fsp3) is 0.571. The molecule has 3 aliphatic rings. The first-order valence-corrected chi connectivity index (χ1v) is 12.9. The molecule has 3 fully saturated rings. The van der Waals surface area contributed by atoms with Crippen molar-refractivity contribution in [1.29, 1.82) is 0 Å². The van der Waals surface area contributed by atoms with Crippen molar-refractivity contribution in [2.24, 2.45) is 17.8 Å². The number of aryl methyl sites for hydroxylation is 1. The van der Waals surface area contributed by atoms with Crippen LogP contribution in [0.5, 0.6) is 5.75 Å². The van der Waals surface area contributed by atoms with Crippen molar-refractivity contribution < 1.29 is 18.3 Å². The Kier molecular flexibility index (Phi) is 6.69. The molecule has 0 spiro atoms. The second kappa shape index (κ2) is 9.75. The van der Waals surface area contributed by atoms with Crippen LogP contribution in [0.25, 0.3) is 0 Å². The number of benzene rings is 1. The first-order chi connectivity index (χ1) is 16.8. The Labute approximate surface area is 206 Å². The van der Waals surface area contributed by atoms with Crippen molar-refractivity contribution in [1.82, 2.24) is 10.3 Å². The van der Waals surface area contributed by atoms with Gasteiger partial charge in [0.1, 0.15) is 11.6 Å². The summed E-state index contributed by atoms with van der Waals surface area (Å²) in [6.07, 6.45) is 5.92. The molecule has 1 aliphatic heterocycles. The van der Waals surface area contributed by atoms with E-state index in [1.54, 1.807) is 6.20 Å². The lowest BCUT2D eigenvalue weighted by atomic mass is 9.95. The highest BCUT2D eigenvalue weighted by Gasteiger charge is 2.57. The van der Waals surface area contributed by atoms with Crippen molar-refractivity contribution in [3.63, 3.8) is 0 Å². The van der Waals surface area contributed by atoms with E-state index >= 15 is 0 Å². The first kappa shape index (κ1) is 24.0. The molecule has 2 saturated carbocycles. The van der Waals surface area contributed by atoms with Crippen LogP contribution >= 0.6 is 0 Å². The van der Waals surface area contributed by atoms with E-state index < -0.39 is 11.8 Å². The second-order valence-corrected chi connectivity index (χ2v) is 10.8. The molecule has 5 nitrogen and oxygen atoms in total. The van der Waals surface area contributed by atoms with Gasteiger partial charge in [0.15, 0.2) is 0 Å².